The van der Waals surface area contributed by atoms with Gasteiger partial charge in [0.05, 0.1) is 5.56 Å². The standard InChI is InChI=1S/C17H20N6O/c24-16(14-3-1-6-18-15(14)21-13-4-5-13)22-9-11-23(12-10-22)17-19-7-2-8-20-17/h1-3,6-8,13H,4-5,9-12H2,(H,18,21). The molecule has 1 saturated heterocycles. The van der Waals surface area contributed by atoms with Crippen LogP contribution in [-0.4, -0.2) is 58.0 Å². The van der Waals surface area contributed by atoms with E-state index in [2.05, 4.69) is 25.2 Å². The third-order valence-corrected chi connectivity index (χ3v) is 4.36. The Bertz CT molecular complexity index is 710. The number of hydrogen-bond donors (Lipinski definition) is 1. The molecule has 3 heterocycles. The molecular weight excluding hydrogens is 304 g/mol. The highest BCUT2D eigenvalue weighted by Crippen LogP contribution is 2.26. The maximum absolute atomic E-state index is 12.9. The molecule has 4 rings (SSSR count). The number of carbonyl (C=O) groups excluding carboxylic acids is 1. The summed E-state index contributed by atoms with van der Waals surface area (Å²) in [5, 5.41) is 3.35. The summed E-state index contributed by atoms with van der Waals surface area (Å²) in [6.07, 6.45) is 7.52. The molecule has 1 aliphatic heterocycles. The van der Waals surface area contributed by atoms with Gasteiger partial charge in [0, 0.05) is 50.8 Å². The third kappa shape index (κ3) is 3.15. The Balaban J connectivity index is 1.43. The van der Waals surface area contributed by atoms with Crippen molar-refractivity contribution in [1.82, 2.24) is 19.9 Å². The van der Waals surface area contributed by atoms with Gasteiger partial charge >= 0.3 is 0 Å². The van der Waals surface area contributed by atoms with Crippen molar-refractivity contribution in [2.24, 2.45) is 0 Å². The van der Waals surface area contributed by atoms with E-state index in [1.54, 1.807) is 24.7 Å². The van der Waals surface area contributed by atoms with E-state index in [0.717, 1.165) is 31.9 Å². The first-order valence-corrected chi connectivity index (χ1v) is 8.34. The molecule has 2 aromatic heterocycles. The van der Waals surface area contributed by atoms with Crippen molar-refractivity contribution >= 4 is 17.7 Å². The molecule has 0 spiro atoms. The average molecular weight is 324 g/mol. The zero-order valence-electron chi connectivity index (χ0n) is 13.4. The number of pyridine rings is 1. The number of hydrogen-bond acceptors (Lipinski definition) is 6. The van der Waals surface area contributed by atoms with Crippen LogP contribution in [0.3, 0.4) is 0 Å². The van der Waals surface area contributed by atoms with Gasteiger partial charge in [-0.1, -0.05) is 0 Å². The second-order valence-electron chi connectivity index (χ2n) is 6.15. The second kappa shape index (κ2) is 6.43. The van der Waals surface area contributed by atoms with Crippen LogP contribution in [0, 0.1) is 0 Å². The lowest BCUT2D eigenvalue weighted by Crippen LogP contribution is -2.49. The first kappa shape index (κ1) is 14.9. The lowest BCUT2D eigenvalue weighted by molar-refractivity contribution is 0.0747. The summed E-state index contributed by atoms with van der Waals surface area (Å²) in [7, 11) is 0. The van der Waals surface area contributed by atoms with Crippen molar-refractivity contribution in [3.8, 4) is 0 Å². The van der Waals surface area contributed by atoms with E-state index in [0.29, 0.717) is 30.5 Å². The molecule has 0 bridgehead atoms. The minimum absolute atomic E-state index is 0.0416. The Kier molecular flexibility index (Phi) is 3.98. The van der Waals surface area contributed by atoms with Gasteiger partial charge in [-0.05, 0) is 31.0 Å². The highest BCUT2D eigenvalue weighted by atomic mass is 16.2. The number of piperazine rings is 1. The molecule has 1 N–H and O–H groups in total. The molecule has 2 aliphatic rings. The molecule has 7 heteroatoms. The van der Waals surface area contributed by atoms with Crippen molar-refractivity contribution in [2.75, 3.05) is 36.4 Å². The summed E-state index contributed by atoms with van der Waals surface area (Å²) in [5.41, 5.74) is 0.661. The quantitative estimate of drug-likeness (QED) is 0.916. The summed E-state index contributed by atoms with van der Waals surface area (Å²) in [6, 6.07) is 5.95. The van der Waals surface area contributed by atoms with Gasteiger partial charge in [0.15, 0.2) is 0 Å². The molecule has 1 aliphatic carbocycles. The van der Waals surface area contributed by atoms with E-state index in [-0.39, 0.29) is 5.91 Å². The molecule has 2 aromatic rings. The second-order valence-corrected chi connectivity index (χ2v) is 6.15. The van der Waals surface area contributed by atoms with Crippen molar-refractivity contribution in [1.29, 1.82) is 0 Å². The molecular formula is C17H20N6O. The predicted molar refractivity (Wildman–Crippen MR) is 91.0 cm³/mol. The van der Waals surface area contributed by atoms with Gasteiger partial charge in [0.1, 0.15) is 5.82 Å². The number of aromatic nitrogens is 3. The van der Waals surface area contributed by atoms with Crippen LogP contribution in [-0.2, 0) is 0 Å². The van der Waals surface area contributed by atoms with E-state index < -0.39 is 0 Å². The molecule has 0 atom stereocenters. The molecule has 0 radical (unpaired) electrons. The Morgan fingerprint density at radius 2 is 1.71 bits per heavy atom. The fraction of sp³-hybridized carbons (Fsp3) is 0.412. The van der Waals surface area contributed by atoms with Gasteiger partial charge in [0.25, 0.3) is 5.91 Å². The normalized spacial score (nSPS) is 17.7. The first-order chi connectivity index (χ1) is 11.8. The SMILES string of the molecule is O=C(c1cccnc1NC1CC1)N1CCN(c2ncccn2)CC1. The van der Waals surface area contributed by atoms with E-state index in [4.69, 9.17) is 0 Å². The average Bonchev–Trinajstić information content (AvgIpc) is 3.47. The molecule has 1 amide bonds. The van der Waals surface area contributed by atoms with Crippen molar-refractivity contribution in [3.05, 3.63) is 42.4 Å². The fourth-order valence-electron chi connectivity index (χ4n) is 2.85. The van der Waals surface area contributed by atoms with Crippen molar-refractivity contribution in [2.45, 2.75) is 18.9 Å². The monoisotopic (exact) mass is 324 g/mol. The number of nitrogens with one attached hydrogen (secondary N) is 1. The minimum Gasteiger partial charge on any atom is -0.367 e. The molecule has 24 heavy (non-hydrogen) atoms. The zero-order chi connectivity index (χ0) is 16.4. The van der Waals surface area contributed by atoms with Crippen LogP contribution < -0.4 is 10.2 Å². The van der Waals surface area contributed by atoms with Gasteiger partial charge in [-0.25, -0.2) is 15.0 Å². The van der Waals surface area contributed by atoms with Crippen LogP contribution in [0.15, 0.2) is 36.8 Å². The largest absolute Gasteiger partial charge is 0.367 e. The molecule has 0 unspecified atom stereocenters. The van der Waals surface area contributed by atoms with E-state index in [1.807, 2.05) is 17.0 Å². The van der Waals surface area contributed by atoms with E-state index >= 15 is 0 Å². The topological polar surface area (TPSA) is 74.2 Å². The smallest absolute Gasteiger partial charge is 0.257 e. The predicted octanol–water partition coefficient (Wildman–Crippen LogP) is 1.41. The lowest BCUT2D eigenvalue weighted by atomic mass is 10.2. The molecule has 1 saturated carbocycles. The number of nitrogens with zero attached hydrogens (tertiary/aromatic N) is 5. The van der Waals surface area contributed by atoms with Crippen LogP contribution in [0.2, 0.25) is 0 Å². The van der Waals surface area contributed by atoms with Crippen molar-refractivity contribution in [3.63, 3.8) is 0 Å². The van der Waals surface area contributed by atoms with Crippen LogP contribution in [0.4, 0.5) is 11.8 Å². The Hall–Kier alpha value is -2.70. The molecule has 0 aromatic carbocycles. The Morgan fingerprint density at radius 1 is 1.00 bits per heavy atom. The van der Waals surface area contributed by atoms with E-state index in [1.165, 1.54) is 0 Å². The Morgan fingerprint density at radius 3 is 2.42 bits per heavy atom. The molecule has 124 valence electrons. The number of carbonyl (C=O) groups is 1. The molecule has 2 fully saturated rings. The van der Waals surface area contributed by atoms with Gasteiger partial charge in [-0.2, -0.15) is 0 Å². The van der Waals surface area contributed by atoms with Gasteiger partial charge < -0.3 is 15.1 Å². The number of amides is 1. The lowest BCUT2D eigenvalue weighted by Gasteiger charge is -2.34. The van der Waals surface area contributed by atoms with Crippen molar-refractivity contribution < 1.29 is 4.79 Å². The highest BCUT2D eigenvalue weighted by molar-refractivity contribution is 5.98. The van der Waals surface area contributed by atoms with Crippen LogP contribution in [0.1, 0.15) is 23.2 Å². The van der Waals surface area contributed by atoms with Gasteiger partial charge in [-0.15, -0.1) is 0 Å². The minimum atomic E-state index is 0.0416. The maximum atomic E-state index is 12.9. The third-order valence-electron chi connectivity index (χ3n) is 4.36. The Labute approximate surface area is 140 Å². The summed E-state index contributed by atoms with van der Waals surface area (Å²) in [5.74, 6) is 1.47. The summed E-state index contributed by atoms with van der Waals surface area (Å²) >= 11 is 0. The van der Waals surface area contributed by atoms with Crippen LogP contribution in [0.5, 0.6) is 0 Å². The number of anilines is 2. The first-order valence-electron chi connectivity index (χ1n) is 8.34. The fourth-order valence-corrected chi connectivity index (χ4v) is 2.85. The summed E-state index contributed by atoms with van der Waals surface area (Å²) < 4.78 is 0. The van der Waals surface area contributed by atoms with Gasteiger partial charge in [0.2, 0.25) is 5.95 Å². The summed E-state index contributed by atoms with van der Waals surface area (Å²) in [4.78, 5) is 29.8. The van der Waals surface area contributed by atoms with E-state index in [9.17, 15) is 4.79 Å². The van der Waals surface area contributed by atoms with Gasteiger partial charge in [-0.3, -0.25) is 4.79 Å². The highest BCUT2D eigenvalue weighted by Gasteiger charge is 2.27. The zero-order valence-corrected chi connectivity index (χ0v) is 13.4. The molecule has 7 nitrogen and oxygen atoms in total. The van der Waals surface area contributed by atoms with Crippen LogP contribution >= 0.6 is 0 Å². The van der Waals surface area contributed by atoms with Crippen LogP contribution in [0.25, 0.3) is 0 Å². The summed E-state index contributed by atoms with van der Waals surface area (Å²) in [6.45, 7) is 2.80. The maximum Gasteiger partial charge on any atom is 0.257 e. The number of rotatable bonds is 4.